The van der Waals surface area contributed by atoms with Gasteiger partial charge in [-0.15, -0.1) is 0 Å². The Morgan fingerprint density at radius 2 is 1.70 bits per heavy atom. The van der Waals surface area contributed by atoms with Crippen LogP contribution in [0.25, 0.3) is 0 Å². The highest BCUT2D eigenvalue weighted by Crippen LogP contribution is 2.21. The lowest BCUT2D eigenvalue weighted by atomic mass is 10.1. The Bertz CT molecular complexity index is 667. The lowest BCUT2D eigenvalue weighted by Crippen LogP contribution is -2.12. The third-order valence-electron chi connectivity index (χ3n) is 2.59. The number of rotatable bonds is 3. The number of carbonyl (C=O) groups excluding carboxylic acids is 1. The van der Waals surface area contributed by atoms with Crippen molar-refractivity contribution in [2.75, 3.05) is 5.32 Å². The molecule has 0 atom stereocenters. The second kappa shape index (κ2) is 5.91. The number of carbonyl (C=O) groups is 2. The number of amides is 1. The van der Waals surface area contributed by atoms with Crippen LogP contribution in [0.3, 0.4) is 0 Å². The largest absolute Gasteiger partial charge is 0.507 e. The Morgan fingerprint density at radius 3 is 2.30 bits per heavy atom. The molecule has 0 heterocycles. The first-order valence-electron chi connectivity index (χ1n) is 5.60. The molecule has 2 aromatic rings. The van der Waals surface area contributed by atoms with Gasteiger partial charge in [0.15, 0.2) is 0 Å². The second-order valence-corrected chi connectivity index (χ2v) is 5.24. The Balaban J connectivity index is 2.19. The fourth-order valence-electron chi connectivity index (χ4n) is 1.58. The van der Waals surface area contributed by atoms with Gasteiger partial charge in [-0.1, -0.05) is 0 Å². The number of hydrogen-bond acceptors (Lipinski definition) is 3. The highest BCUT2D eigenvalue weighted by Gasteiger charge is 2.12. The predicted octanol–water partition coefficient (Wildman–Crippen LogP) is 2.95. The lowest BCUT2D eigenvalue weighted by molar-refractivity contribution is 0.0696. The fourth-order valence-corrected chi connectivity index (χ4v) is 2.08. The van der Waals surface area contributed by atoms with Crippen LogP contribution in [0.15, 0.2) is 42.5 Å². The molecular formula is C14H10INO4. The van der Waals surface area contributed by atoms with E-state index in [1.54, 1.807) is 12.1 Å². The predicted molar refractivity (Wildman–Crippen MR) is 82.2 cm³/mol. The number of nitrogens with one attached hydrogen (secondary N) is 1. The van der Waals surface area contributed by atoms with E-state index in [1.165, 1.54) is 30.3 Å². The number of phenolic OH excluding ortho intramolecular Hbond substituents is 1. The molecule has 0 fully saturated rings. The number of halogens is 1. The summed E-state index contributed by atoms with van der Waals surface area (Å²) in [6.07, 6.45) is 0. The van der Waals surface area contributed by atoms with Crippen LogP contribution in [-0.2, 0) is 0 Å². The van der Waals surface area contributed by atoms with Gasteiger partial charge in [0, 0.05) is 9.26 Å². The molecule has 0 radical (unpaired) electrons. The SMILES string of the molecule is O=C(O)c1ccc(NC(=O)c2cc(I)ccc2O)cc1. The molecule has 0 bridgehead atoms. The normalized spacial score (nSPS) is 10.1. The van der Waals surface area contributed by atoms with Crippen molar-refractivity contribution in [1.82, 2.24) is 0 Å². The number of aromatic hydroxyl groups is 1. The topological polar surface area (TPSA) is 86.6 Å². The number of aromatic carboxylic acids is 1. The van der Waals surface area contributed by atoms with E-state index in [1.807, 2.05) is 22.6 Å². The molecule has 0 aliphatic heterocycles. The maximum absolute atomic E-state index is 12.0. The van der Waals surface area contributed by atoms with Crippen molar-refractivity contribution >= 4 is 40.2 Å². The molecule has 102 valence electrons. The molecule has 0 saturated carbocycles. The Hall–Kier alpha value is -2.09. The Labute approximate surface area is 128 Å². The quantitative estimate of drug-likeness (QED) is 0.712. The van der Waals surface area contributed by atoms with Gasteiger partial charge >= 0.3 is 5.97 Å². The molecule has 2 rings (SSSR count). The highest BCUT2D eigenvalue weighted by molar-refractivity contribution is 14.1. The fraction of sp³-hybridized carbons (Fsp3) is 0. The summed E-state index contributed by atoms with van der Waals surface area (Å²) in [6.45, 7) is 0. The number of anilines is 1. The molecule has 6 heteroatoms. The third-order valence-corrected chi connectivity index (χ3v) is 3.26. The zero-order valence-electron chi connectivity index (χ0n) is 10.1. The molecule has 2 aromatic carbocycles. The Kier molecular flexibility index (Phi) is 4.23. The zero-order chi connectivity index (χ0) is 14.7. The number of phenols is 1. The van der Waals surface area contributed by atoms with Crippen LogP contribution < -0.4 is 5.32 Å². The summed E-state index contributed by atoms with van der Waals surface area (Å²) in [5, 5.41) is 21.0. The van der Waals surface area contributed by atoms with Gasteiger partial charge in [0.05, 0.1) is 11.1 Å². The summed E-state index contributed by atoms with van der Waals surface area (Å²) in [6, 6.07) is 10.5. The number of carboxylic acid groups (broad SMARTS) is 1. The summed E-state index contributed by atoms with van der Waals surface area (Å²) in [4.78, 5) is 22.7. The van der Waals surface area contributed by atoms with E-state index >= 15 is 0 Å². The molecule has 1 amide bonds. The van der Waals surface area contributed by atoms with Crippen molar-refractivity contribution < 1.29 is 19.8 Å². The van der Waals surface area contributed by atoms with Gasteiger partial charge in [0.1, 0.15) is 5.75 Å². The van der Waals surface area contributed by atoms with Crippen LogP contribution in [-0.4, -0.2) is 22.1 Å². The first-order chi connectivity index (χ1) is 9.47. The second-order valence-electron chi connectivity index (χ2n) is 4.00. The minimum Gasteiger partial charge on any atom is -0.507 e. The van der Waals surface area contributed by atoms with Gasteiger partial charge in [0.2, 0.25) is 0 Å². The highest BCUT2D eigenvalue weighted by atomic mass is 127. The van der Waals surface area contributed by atoms with Crippen LogP contribution in [0.2, 0.25) is 0 Å². The van der Waals surface area contributed by atoms with Crippen LogP contribution in [0, 0.1) is 3.57 Å². The van der Waals surface area contributed by atoms with Crippen molar-refractivity contribution in [3.8, 4) is 5.75 Å². The standard InChI is InChI=1S/C14H10INO4/c15-9-3-6-12(17)11(7-9)13(18)16-10-4-1-8(2-5-10)14(19)20/h1-7,17H,(H,16,18)(H,19,20). The molecule has 0 aromatic heterocycles. The zero-order valence-corrected chi connectivity index (χ0v) is 12.3. The van der Waals surface area contributed by atoms with Gasteiger partial charge in [-0.2, -0.15) is 0 Å². The van der Waals surface area contributed by atoms with Crippen molar-refractivity contribution in [2.45, 2.75) is 0 Å². The van der Waals surface area contributed by atoms with Gasteiger partial charge in [-0.25, -0.2) is 4.79 Å². The van der Waals surface area contributed by atoms with E-state index in [4.69, 9.17) is 5.11 Å². The molecular weight excluding hydrogens is 373 g/mol. The molecule has 0 spiro atoms. The first-order valence-corrected chi connectivity index (χ1v) is 6.68. The average molecular weight is 383 g/mol. The molecule has 0 saturated heterocycles. The van der Waals surface area contributed by atoms with Crippen LogP contribution >= 0.6 is 22.6 Å². The summed E-state index contributed by atoms with van der Waals surface area (Å²) < 4.78 is 0.826. The third kappa shape index (κ3) is 3.27. The minimum atomic E-state index is -1.03. The molecule has 20 heavy (non-hydrogen) atoms. The molecule has 5 nitrogen and oxygen atoms in total. The van der Waals surface area contributed by atoms with E-state index < -0.39 is 11.9 Å². The summed E-state index contributed by atoms with van der Waals surface area (Å²) >= 11 is 2.04. The molecule has 3 N–H and O–H groups in total. The lowest BCUT2D eigenvalue weighted by Gasteiger charge is -2.07. The Morgan fingerprint density at radius 1 is 1.05 bits per heavy atom. The molecule has 0 aliphatic carbocycles. The van der Waals surface area contributed by atoms with E-state index in [-0.39, 0.29) is 16.9 Å². The van der Waals surface area contributed by atoms with Crippen LogP contribution in [0.5, 0.6) is 5.75 Å². The van der Waals surface area contributed by atoms with E-state index in [0.29, 0.717) is 5.69 Å². The van der Waals surface area contributed by atoms with Gasteiger partial charge < -0.3 is 15.5 Å². The van der Waals surface area contributed by atoms with Crippen molar-refractivity contribution in [3.63, 3.8) is 0 Å². The molecule has 0 unspecified atom stereocenters. The summed E-state index contributed by atoms with van der Waals surface area (Å²) in [5.74, 6) is -1.59. The first kappa shape index (κ1) is 14.3. The van der Waals surface area contributed by atoms with Crippen molar-refractivity contribution in [3.05, 3.63) is 57.2 Å². The number of benzene rings is 2. The smallest absolute Gasteiger partial charge is 0.335 e. The molecule has 0 aliphatic rings. The van der Waals surface area contributed by atoms with E-state index in [2.05, 4.69) is 5.32 Å². The minimum absolute atomic E-state index is 0.106. The van der Waals surface area contributed by atoms with Crippen LogP contribution in [0.4, 0.5) is 5.69 Å². The van der Waals surface area contributed by atoms with Crippen LogP contribution in [0.1, 0.15) is 20.7 Å². The maximum atomic E-state index is 12.0. The van der Waals surface area contributed by atoms with E-state index in [0.717, 1.165) is 3.57 Å². The number of carboxylic acids is 1. The van der Waals surface area contributed by atoms with Gasteiger partial charge in [-0.3, -0.25) is 4.79 Å². The van der Waals surface area contributed by atoms with Gasteiger partial charge in [-0.05, 0) is 65.1 Å². The maximum Gasteiger partial charge on any atom is 0.335 e. The van der Waals surface area contributed by atoms with Gasteiger partial charge in [0.25, 0.3) is 5.91 Å². The van der Waals surface area contributed by atoms with E-state index in [9.17, 15) is 14.7 Å². The summed E-state index contributed by atoms with van der Waals surface area (Å²) in [5.41, 5.74) is 0.762. The van der Waals surface area contributed by atoms with Crippen molar-refractivity contribution in [1.29, 1.82) is 0 Å². The average Bonchev–Trinajstić information content (AvgIpc) is 2.42. The van der Waals surface area contributed by atoms with Crippen molar-refractivity contribution in [2.24, 2.45) is 0 Å². The summed E-state index contributed by atoms with van der Waals surface area (Å²) in [7, 11) is 0. The number of hydrogen-bond donors (Lipinski definition) is 3. The monoisotopic (exact) mass is 383 g/mol.